The first-order valence-electron chi connectivity index (χ1n) is 11.5. The normalized spacial score (nSPS) is 16.3. The number of carbonyl (C=O) groups is 1. The van der Waals surface area contributed by atoms with Gasteiger partial charge in [0.2, 0.25) is 5.91 Å². The molecular formula is C26H34N2O3. The smallest absolute Gasteiger partial charge is 0.224 e. The maximum Gasteiger partial charge on any atom is 0.224 e. The Bertz CT molecular complexity index is 877. The number of nitrogens with zero attached hydrogens (tertiary/aromatic N) is 1. The van der Waals surface area contributed by atoms with E-state index >= 15 is 0 Å². The van der Waals surface area contributed by atoms with Crippen LogP contribution in [-0.4, -0.2) is 50.3 Å². The highest BCUT2D eigenvalue weighted by molar-refractivity contribution is 5.78. The van der Waals surface area contributed by atoms with Gasteiger partial charge in [-0.3, -0.25) is 9.69 Å². The molecule has 2 aromatic rings. The van der Waals surface area contributed by atoms with Crippen molar-refractivity contribution in [3.8, 4) is 5.75 Å². The summed E-state index contributed by atoms with van der Waals surface area (Å²) in [5.74, 6) is 0.910. The number of hydrogen-bond acceptors (Lipinski definition) is 4. The van der Waals surface area contributed by atoms with Crippen molar-refractivity contribution in [2.24, 2.45) is 0 Å². The number of aryl methyl sites for hydroxylation is 2. The number of fused-ring (bicyclic) bond motifs is 1. The summed E-state index contributed by atoms with van der Waals surface area (Å²) in [6, 6.07) is 15.1. The zero-order valence-electron chi connectivity index (χ0n) is 18.6. The van der Waals surface area contributed by atoms with Crippen LogP contribution in [0, 0.1) is 0 Å². The Balaban J connectivity index is 1.20. The molecule has 5 heteroatoms. The van der Waals surface area contributed by atoms with Crippen LogP contribution in [0.2, 0.25) is 0 Å². The maximum absolute atomic E-state index is 12.4. The van der Waals surface area contributed by atoms with Gasteiger partial charge in [0, 0.05) is 32.3 Å². The predicted molar refractivity (Wildman–Crippen MR) is 122 cm³/mol. The van der Waals surface area contributed by atoms with Crippen LogP contribution in [-0.2, 0) is 35.3 Å². The summed E-state index contributed by atoms with van der Waals surface area (Å²) in [5, 5.41) is 3.05. The van der Waals surface area contributed by atoms with E-state index in [1.54, 1.807) is 0 Å². The molecule has 1 N–H and O–H groups in total. The average molecular weight is 423 g/mol. The van der Waals surface area contributed by atoms with Gasteiger partial charge in [0.05, 0.1) is 6.42 Å². The van der Waals surface area contributed by atoms with Crippen molar-refractivity contribution >= 4 is 5.91 Å². The molecule has 5 nitrogen and oxygen atoms in total. The minimum atomic E-state index is 0.0577. The third-order valence-corrected chi connectivity index (χ3v) is 6.44. The highest BCUT2D eigenvalue weighted by Gasteiger charge is 2.18. The average Bonchev–Trinajstić information content (AvgIpc) is 3.26. The quantitative estimate of drug-likeness (QED) is 0.672. The van der Waals surface area contributed by atoms with Gasteiger partial charge in [0.15, 0.2) is 0 Å². The van der Waals surface area contributed by atoms with Crippen molar-refractivity contribution in [1.82, 2.24) is 10.2 Å². The Labute approximate surface area is 185 Å². The summed E-state index contributed by atoms with van der Waals surface area (Å²) in [7, 11) is 2.16. The largest absolute Gasteiger partial charge is 0.492 e. The summed E-state index contributed by atoms with van der Waals surface area (Å²) < 4.78 is 11.4. The number of amides is 1. The molecule has 31 heavy (non-hydrogen) atoms. The molecule has 0 bridgehead atoms. The fraction of sp³-hybridized carbons (Fsp3) is 0.500. The molecule has 4 rings (SSSR count). The van der Waals surface area contributed by atoms with Crippen LogP contribution in [0.4, 0.5) is 0 Å². The summed E-state index contributed by atoms with van der Waals surface area (Å²) in [6.45, 7) is 3.78. The van der Waals surface area contributed by atoms with Gasteiger partial charge in [-0.15, -0.1) is 0 Å². The van der Waals surface area contributed by atoms with Gasteiger partial charge in [-0.25, -0.2) is 0 Å². The van der Waals surface area contributed by atoms with Gasteiger partial charge in [-0.1, -0.05) is 30.3 Å². The van der Waals surface area contributed by atoms with E-state index in [0.717, 1.165) is 55.9 Å². The molecule has 2 aliphatic rings. The Morgan fingerprint density at radius 2 is 1.94 bits per heavy atom. The summed E-state index contributed by atoms with van der Waals surface area (Å²) in [6.07, 6.45) is 6.17. The van der Waals surface area contributed by atoms with Crippen LogP contribution < -0.4 is 10.1 Å². The first-order chi connectivity index (χ1) is 15.2. The van der Waals surface area contributed by atoms with Gasteiger partial charge >= 0.3 is 0 Å². The Hall–Kier alpha value is -2.37. The fourth-order valence-corrected chi connectivity index (χ4v) is 4.54. The summed E-state index contributed by atoms with van der Waals surface area (Å²) >= 11 is 0. The molecule has 1 aliphatic heterocycles. The molecule has 1 aliphatic carbocycles. The molecule has 0 radical (unpaired) electrons. The van der Waals surface area contributed by atoms with E-state index in [-0.39, 0.29) is 5.91 Å². The van der Waals surface area contributed by atoms with Crippen LogP contribution in [0.5, 0.6) is 5.75 Å². The molecule has 0 aromatic heterocycles. The number of nitrogens with one attached hydrogen (secondary N) is 1. The van der Waals surface area contributed by atoms with Gasteiger partial charge in [0.25, 0.3) is 0 Å². The fourth-order valence-electron chi connectivity index (χ4n) is 4.54. The second-order valence-corrected chi connectivity index (χ2v) is 8.73. The van der Waals surface area contributed by atoms with Crippen LogP contribution in [0.25, 0.3) is 0 Å². The SMILES string of the molecule is CN(CCOc1cccc(CNC(=O)Cc2ccc3c(c2)CCC3)c1)C1CCOCC1. The van der Waals surface area contributed by atoms with Crippen molar-refractivity contribution in [3.05, 3.63) is 64.7 Å². The lowest BCUT2D eigenvalue weighted by molar-refractivity contribution is -0.120. The monoisotopic (exact) mass is 422 g/mol. The molecule has 0 unspecified atom stereocenters. The summed E-state index contributed by atoms with van der Waals surface area (Å²) in [4.78, 5) is 14.8. The Kier molecular flexibility index (Phi) is 7.60. The van der Waals surface area contributed by atoms with E-state index in [1.165, 1.54) is 24.0 Å². The van der Waals surface area contributed by atoms with Crippen LogP contribution in [0.15, 0.2) is 42.5 Å². The number of ether oxygens (including phenoxy) is 2. The van der Waals surface area contributed by atoms with Gasteiger partial charge in [-0.05, 0) is 73.5 Å². The van der Waals surface area contributed by atoms with Gasteiger partial charge in [-0.2, -0.15) is 0 Å². The van der Waals surface area contributed by atoms with E-state index in [9.17, 15) is 4.79 Å². The second kappa shape index (κ2) is 10.8. The molecule has 1 fully saturated rings. The highest BCUT2D eigenvalue weighted by atomic mass is 16.5. The Morgan fingerprint density at radius 1 is 1.10 bits per heavy atom. The number of benzene rings is 2. The van der Waals surface area contributed by atoms with E-state index in [1.807, 2.05) is 24.3 Å². The molecule has 1 saturated heterocycles. The molecule has 166 valence electrons. The van der Waals surface area contributed by atoms with Gasteiger partial charge in [0.1, 0.15) is 12.4 Å². The molecule has 1 heterocycles. The highest BCUT2D eigenvalue weighted by Crippen LogP contribution is 2.23. The van der Waals surface area contributed by atoms with Crippen LogP contribution in [0.1, 0.15) is 41.5 Å². The molecule has 0 atom stereocenters. The second-order valence-electron chi connectivity index (χ2n) is 8.73. The van der Waals surface area contributed by atoms with Crippen LogP contribution >= 0.6 is 0 Å². The van der Waals surface area contributed by atoms with Crippen molar-refractivity contribution in [2.75, 3.05) is 33.4 Å². The van der Waals surface area contributed by atoms with Crippen molar-refractivity contribution in [1.29, 1.82) is 0 Å². The topological polar surface area (TPSA) is 50.8 Å². The first kappa shape index (κ1) is 21.8. The van der Waals surface area contributed by atoms with Crippen molar-refractivity contribution in [3.63, 3.8) is 0 Å². The predicted octanol–water partition coefficient (Wildman–Crippen LogP) is 3.52. The molecule has 0 spiro atoms. The maximum atomic E-state index is 12.4. The lowest BCUT2D eigenvalue weighted by Crippen LogP contribution is -2.38. The van der Waals surface area contributed by atoms with Gasteiger partial charge < -0.3 is 14.8 Å². The number of hydrogen-bond donors (Lipinski definition) is 1. The van der Waals surface area contributed by atoms with E-state index in [4.69, 9.17) is 9.47 Å². The number of carbonyl (C=O) groups excluding carboxylic acids is 1. The standard InChI is InChI=1S/C26H34N2O3/c1-28(24-10-13-30-14-11-24)12-15-31-25-7-2-4-21(17-25)19-27-26(29)18-20-8-9-22-5-3-6-23(22)16-20/h2,4,7-9,16-17,24H,3,5-6,10-15,18-19H2,1H3,(H,27,29). The third-order valence-electron chi connectivity index (χ3n) is 6.44. The molecular weight excluding hydrogens is 388 g/mol. The molecule has 0 saturated carbocycles. The lowest BCUT2D eigenvalue weighted by Gasteiger charge is -2.31. The third kappa shape index (κ3) is 6.31. The zero-order chi connectivity index (χ0) is 21.5. The van der Waals surface area contributed by atoms with Crippen molar-refractivity contribution < 1.29 is 14.3 Å². The first-order valence-corrected chi connectivity index (χ1v) is 11.5. The van der Waals surface area contributed by atoms with E-state index < -0.39 is 0 Å². The number of rotatable bonds is 9. The minimum absolute atomic E-state index is 0.0577. The zero-order valence-corrected chi connectivity index (χ0v) is 18.6. The Morgan fingerprint density at radius 3 is 2.81 bits per heavy atom. The molecule has 1 amide bonds. The summed E-state index contributed by atoms with van der Waals surface area (Å²) in [5.41, 5.74) is 5.01. The van der Waals surface area contributed by atoms with Crippen LogP contribution in [0.3, 0.4) is 0 Å². The number of likely N-dealkylation sites (N-methyl/N-ethyl adjacent to an activating group) is 1. The molecule has 2 aromatic carbocycles. The van der Waals surface area contributed by atoms with Crippen molar-refractivity contribution in [2.45, 2.75) is 51.1 Å². The lowest BCUT2D eigenvalue weighted by atomic mass is 10.0. The minimum Gasteiger partial charge on any atom is -0.492 e. The van der Waals surface area contributed by atoms with E-state index in [0.29, 0.717) is 25.6 Å². The van der Waals surface area contributed by atoms with E-state index in [2.05, 4.69) is 35.5 Å².